The SMILES string of the molecule is CC(C)C(=O)OCCCCCCCCCCC[N+](C)(C)Cc1ccccc1. The second-order valence-corrected chi connectivity index (χ2v) is 8.81. The topological polar surface area (TPSA) is 26.3 Å². The first-order valence-corrected chi connectivity index (χ1v) is 10.9. The van der Waals surface area contributed by atoms with E-state index in [-0.39, 0.29) is 11.9 Å². The molecule has 0 heterocycles. The Morgan fingerprint density at radius 2 is 1.37 bits per heavy atom. The maximum absolute atomic E-state index is 11.3. The fourth-order valence-corrected chi connectivity index (χ4v) is 3.38. The Morgan fingerprint density at radius 1 is 0.852 bits per heavy atom. The van der Waals surface area contributed by atoms with E-state index in [2.05, 4.69) is 44.4 Å². The molecule has 0 aromatic heterocycles. The van der Waals surface area contributed by atoms with Crippen molar-refractivity contribution in [1.29, 1.82) is 0 Å². The Morgan fingerprint density at radius 3 is 1.93 bits per heavy atom. The summed E-state index contributed by atoms with van der Waals surface area (Å²) in [7, 11) is 4.68. The summed E-state index contributed by atoms with van der Waals surface area (Å²) in [5.41, 5.74) is 1.43. The molecule has 3 heteroatoms. The van der Waals surface area contributed by atoms with Gasteiger partial charge in [0, 0.05) is 5.56 Å². The zero-order chi connectivity index (χ0) is 20.0. The third-order valence-electron chi connectivity index (χ3n) is 5.08. The van der Waals surface area contributed by atoms with Crippen molar-refractivity contribution in [3.63, 3.8) is 0 Å². The number of ether oxygens (including phenoxy) is 1. The molecular formula is C24H42NO2+. The van der Waals surface area contributed by atoms with Gasteiger partial charge in [0.2, 0.25) is 0 Å². The minimum Gasteiger partial charge on any atom is -0.465 e. The van der Waals surface area contributed by atoms with Crippen LogP contribution in [-0.4, -0.2) is 37.7 Å². The van der Waals surface area contributed by atoms with Crippen molar-refractivity contribution < 1.29 is 14.0 Å². The van der Waals surface area contributed by atoms with E-state index in [1.165, 1.54) is 63.5 Å². The second-order valence-electron chi connectivity index (χ2n) is 8.81. The molecule has 0 fully saturated rings. The Balaban J connectivity index is 1.90. The number of hydrogen-bond acceptors (Lipinski definition) is 2. The van der Waals surface area contributed by atoms with Crippen LogP contribution in [0, 0.1) is 5.92 Å². The van der Waals surface area contributed by atoms with Crippen LogP contribution in [0.2, 0.25) is 0 Å². The Kier molecular flexibility index (Phi) is 12.1. The molecule has 0 N–H and O–H groups in total. The Hall–Kier alpha value is -1.35. The first kappa shape index (κ1) is 23.7. The smallest absolute Gasteiger partial charge is 0.308 e. The quantitative estimate of drug-likeness (QED) is 0.214. The molecule has 0 spiro atoms. The Bertz CT molecular complexity index is 496. The molecule has 0 aliphatic heterocycles. The van der Waals surface area contributed by atoms with Crippen molar-refractivity contribution in [3.05, 3.63) is 35.9 Å². The zero-order valence-corrected chi connectivity index (χ0v) is 18.2. The summed E-state index contributed by atoms with van der Waals surface area (Å²) in [6.07, 6.45) is 11.5. The molecule has 1 aromatic rings. The van der Waals surface area contributed by atoms with Gasteiger partial charge < -0.3 is 9.22 Å². The summed E-state index contributed by atoms with van der Waals surface area (Å²) in [5.74, 6) is -0.0757. The highest BCUT2D eigenvalue weighted by molar-refractivity contribution is 5.71. The summed E-state index contributed by atoms with van der Waals surface area (Å²) in [5, 5.41) is 0. The normalized spacial score (nSPS) is 11.7. The van der Waals surface area contributed by atoms with Crippen molar-refractivity contribution in [2.75, 3.05) is 27.2 Å². The van der Waals surface area contributed by atoms with Gasteiger partial charge >= 0.3 is 5.97 Å². The van der Waals surface area contributed by atoms with E-state index >= 15 is 0 Å². The van der Waals surface area contributed by atoms with Gasteiger partial charge in [0.1, 0.15) is 6.54 Å². The molecule has 1 rings (SSSR count). The molecule has 0 aliphatic carbocycles. The van der Waals surface area contributed by atoms with Gasteiger partial charge in [0.05, 0.1) is 33.2 Å². The zero-order valence-electron chi connectivity index (χ0n) is 18.2. The second kappa shape index (κ2) is 13.8. The molecule has 0 unspecified atom stereocenters. The number of benzene rings is 1. The largest absolute Gasteiger partial charge is 0.465 e. The third kappa shape index (κ3) is 12.6. The van der Waals surface area contributed by atoms with Crippen molar-refractivity contribution in [1.82, 2.24) is 0 Å². The predicted molar refractivity (Wildman–Crippen MR) is 114 cm³/mol. The van der Waals surface area contributed by atoms with E-state index < -0.39 is 0 Å². The van der Waals surface area contributed by atoms with E-state index in [9.17, 15) is 4.79 Å². The van der Waals surface area contributed by atoms with Crippen LogP contribution in [0.1, 0.15) is 77.2 Å². The summed E-state index contributed by atoms with van der Waals surface area (Å²) >= 11 is 0. The van der Waals surface area contributed by atoms with Gasteiger partial charge in [-0.15, -0.1) is 0 Å². The van der Waals surface area contributed by atoms with E-state index in [4.69, 9.17) is 4.74 Å². The van der Waals surface area contributed by atoms with Crippen LogP contribution >= 0.6 is 0 Å². The van der Waals surface area contributed by atoms with Crippen LogP contribution in [0.4, 0.5) is 0 Å². The van der Waals surface area contributed by atoms with E-state index in [0.29, 0.717) is 6.61 Å². The fraction of sp³-hybridized carbons (Fsp3) is 0.708. The first-order chi connectivity index (χ1) is 12.9. The van der Waals surface area contributed by atoms with Gasteiger partial charge in [-0.05, 0) is 19.3 Å². The molecule has 0 bridgehead atoms. The van der Waals surface area contributed by atoms with E-state index in [1.807, 2.05) is 13.8 Å². The highest BCUT2D eigenvalue weighted by Crippen LogP contribution is 2.14. The Labute approximate surface area is 167 Å². The van der Waals surface area contributed by atoms with Crippen LogP contribution in [0.15, 0.2) is 30.3 Å². The van der Waals surface area contributed by atoms with Crippen LogP contribution in [0.3, 0.4) is 0 Å². The number of rotatable bonds is 15. The molecule has 3 nitrogen and oxygen atoms in total. The van der Waals surface area contributed by atoms with Crippen molar-refractivity contribution in [2.24, 2.45) is 5.92 Å². The average molecular weight is 377 g/mol. The summed E-state index contributed by atoms with van der Waals surface area (Å²) < 4.78 is 6.27. The lowest BCUT2D eigenvalue weighted by molar-refractivity contribution is -0.903. The summed E-state index contributed by atoms with van der Waals surface area (Å²) in [4.78, 5) is 11.3. The number of unbranched alkanes of at least 4 members (excludes halogenated alkanes) is 8. The molecular weight excluding hydrogens is 334 g/mol. The number of carbonyl (C=O) groups excluding carboxylic acids is 1. The fourth-order valence-electron chi connectivity index (χ4n) is 3.38. The number of nitrogens with zero attached hydrogens (tertiary/aromatic N) is 1. The standard InChI is InChI=1S/C24H42NO2/c1-22(2)24(26)27-20-16-11-9-7-5-6-8-10-15-19-25(3,4)21-23-17-13-12-14-18-23/h12-14,17-18,22H,5-11,15-16,19-21H2,1-4H3/q+1. The van der Waals surface area contributed by atoms with Gasteiger partial charge in [-0.2, -0.15) is 0 Å². The summed E-state index contributed by atoms with van der Waals surface area (Å²) in [6, 6.07) is 10.8. The van der Waals surface area contributed by atoms with Gasteiger partial charge in [-0.3, -0.25) is 4.79 Å². The monoisotopic (exact) mass is 376 g/mol. The number of hydrogen-bond donors (Lipinski definition) is 0. The highest BCUT2D eigenvalue weighted by atomic mass is 16.5. The van der Waals surface area contributed by atoms with E-state index in [0.717, 1.165) is 17.4 Å². The lowest BCUT2D eigenvalue weighted by Crippen LogP contribution is -2.39. The van der Waals surface area contributed by atoms with Crippen molar-refractivity contribution >= 4 is 5.97 Å². The van der Waals surface area contributed by atoms with Crippen LogP contribution in [-0.2, 0) is 16.1 Å². The lowest BCUT2D eigenvalue weighted by Gasteiger charge is -2.30. The molecule has 0 saturated heterocycles. The molecule has 0 amide bonds. The highest BCUT2D eigenvalue weighted by Gasteiger charge is 2.14. The average Bonchev–Trinajstić information content (AvgIpc) is 2.62. The van der Waals surface area contributed by atoms with E-state index in [1.54, 1.807) is 0 Å². The van der Waals surface area contributed by atoms with Gasteiger partial charge in [0.25, 0.3) is 0 Å². The van der Waals surface area contributed by atoms with Gasteiger partial charge in [0.15, 0.2) is 0 Å². The predicted octanol–water partition coefficient (Wildman–Crippen LogP) is 5.97. The van der Waals surface area contributed by atoms with Crippen LogP contribution in [0.25, 0.3) is 0 Å². The van der Waals surface area contributed by atoms with Crippen LogP contribution < -0.4 is 0 Å². The lowest BCUT2D eigenvalue weighted by atomic mass is 10.1. The van der Waals surface area contributed by atoms with Gasteiger partial charge in [-0.1, -0.05) is 82.7 Å². The number of esters is 1. The molecule has 0 atom stereocenters. The number of quaternary nitrogens is 1. The molecule has 0 aliphatic rings. The minimum atomic E-state index is -0.0689. The maximum atomic E-state index is 11.3. The molecule has 0 radical (unpaired) electrons. The van der Waals surface area contributed by atoms with Crippen LogP contribution in [0.5, 0.6) is 0 Å². The maximum Gasteiger partial charge on any atom is 0.308 e. The summed E-state index contributed by atoms with van der Waals surface area (Å²) in [6.45, 7) is 6.72. The van der Waals surface area contributed by atoms with Crippen molar-refractivity contribution in [3.8, 4) is 0 Å². The molecule has 0 saturated carbocycles. The third-order valence-corrected chi connectivity index (χ3v) is 5.08. The molecule has 154 valence electrons. The molecule has 27 heavy (non-hydrogen) atoms. The van der Waals surface area contributed by atoms with Gasteiger partial charge in [-0.25, -0.2) is 0 Å². The van der Waals surface area contributed by atoms with Crippen molar-refractivity contribution in [2.45, 2.75) is 78.2 Å². The first-order valence-electron chi connectivity index (χ1n) is 10.9. The minimum absolute atomic E-state index is 0.00675. The number of carbonyl (C=O) groups is 1. The molecule has 1 aromatic carbocycles.